The molecule has 0 atom stereocenters. The van der Waals surface area contributed by atoms with Crippen LogP contribution in [0, 0.1) is 0 Å². The molecule has 2 N–H and O–H groups in total. The molecule has 0 aromatic carbocycles. The molecule has 0 saturated heterocycles. The summed E-state index contributed by atoms with van der Waals surface area (Å²) in [5.41, 5.74) is -0.0633. The maximum absolute atomic E-state index is 12.5. The average Bonchev–Trinajstić information content (AvgIpc) is 3.07. The first-order valence-electron chi connectivity index (χ1n) is 6.21. The summed E-state index contributed by atoms with van der Waals surface area (Å²) in [5.74, 6) is -0.630. The Kier molecular flexibility index (Phi) is 4.50. The Hall–Kier alpha value is -2.36. The lowest BCUT2D eigenvalue weighted by Crippen LogP contribution is -2.26. The molecule has 0 spiro atoms. The number of carbonyl (C=O) groups excluding carboxylic acids is 1. The molecule has 1 amide bonds. The van der Waals surface area contributed by atoms with E-state index in [-0.39, 0.29) is 12.2 Å². The normalized spacial score (nSPS) is 11.7. The zero-order chi connectivity index (χ0) is 16.3. The molecular formula is C12H14F3N5O2. The minimum absolute atomic E-state index is 0.157. The Balaban J connectivity index is 2.03. The summed E-state index contributed by atoms with van der Waals surface area (Å²) in [5, 5.41) is 11.9. The standard InChI is InChI=1S/C12H14F3N5O2/c1-20(5-7-3-8(6-22-2)17-16-7)11(21)9-4-10(19-18-9)12(13,14)15/h3-4H,5-6H2,1-2H3,(H,16,17)(H,18,19). The van der Waals surface area contributed by atoms with Gasteiger partial charge in [0.2, 0.25) is 0 Å². The molecule has 2 aromatic rings. The zero-order valence-electron chi connectivity index (χ0n) is 11.9. The Morgan fingerprint density at radius 1 is 1.32 bits per heavy atom. The van der Waals surface area contributed by atoms with Gasteiger partial charge in [0.15, 0.2) is 5.69 Å². The van der Waals surface area contributed by atoms with E-state index in [0.717, 1.165) is 0 Å². The van der Waals surface area contributed by atoms with Gasteiger partial charge < -0.3 is 9.64 Å². The van der Waals surface area contributed by atoms with Gasteiger partial charge in [0, 0.05) is 20.2 Å². The molecule has 0 bridgehead atoms. The van der Waals surface area contributed by atoms with Gasteiger partial charge in [-0.2, -0.15) is 23.4 Å². The Morgan fingerprint density at radius 2 is 2.05 bits per heavy atom. The van der Waals surface area contributed by atoms with Crippen LogP contribution in [0.3, 0.4) is 0 Å². The van der Waals surface area contributed by atoms with Gasteiger partial charge >= 0.3 is 6.18 Å². The summed E-state index contributed by atoms with van der Waals surface area (Å²) in [4.78, 5) is 13.3. The summed E-state index contributed by atoms with van der Waals surface area (Å²) >= 11 is 0. The van der Waals surface area contributed by atoms with E-state index in [1.807, 2.05) is 5.10 Å². The molecule has 10 heteroatoms. The number of amides is 1. The number of rotatable bonds is 5. The van der Waals surface area contributed by atoms with Crippen LogP contribution in [0.2, 0.25) is 0 Å². The van der Waals surface area contributed by atoms with E-state index in [9.17, 15) is 18.0 Å². The third-order valence-corrected chi connectivity index (χ3v) is 2.83. The van der Waals surface area contributed by atoms with E-state index in [1.165, 1.54) is 19.1 Å². The lowest BCUT2D eigenvalue weighted by molar-refractivity contribution is -0.141. The van der Waals surface area contributed by atoms with E-state index in [0.29, 0.717) is 24.1 Å². The van der Waals surface area contributed by atoms with E-state index in [1.54, 1.807) is 6.07 Å². The summed E-state index contributed by atoms with van der Waals surface area (Å²) in [6.45, 7) is 0.478. The van der Waals surface area contributed by atoms with Crippen molar-refractivity contribution in [2.45, 2.75) is 19.3 Å². The molecule has 0 aliphatic rings. The molecule has 0 radical (unpaired) electrons. The molecule has 22 heavy (non-hydrogen) atoms. The van der Waals surface area contributed by atoms with Crippen molar-refractivity contribution in [1.82, 2.24) is 25.3 Å². The first kappa shape index (κ1) is 16.0. The molecular weight excluding hydrogens is 303 g/mol. The van der Waals surface area contributed by atoms with Gasteiger partial charge in [-0.15, -0.1) is 0 Å². The maximum Gasteiger partial charge on any atom is 0.432 e. The molecule has 120 valence electrons. The average molecular weight is 317 g/mol. The predicted molar refractivity (Wildman–Crippen MR) is 68.7 cm³/mol. The maximum atomic E-state index is 12.5. The van der Waals surface area contributed by atoms with Crippen LogP contribution in [0.15, 0.2) is 12.1 Å². The Bertz CT molecular complexity index is 649. The summed E-state index contributed by atoms with van der Waals surface area (Å²) in [7, 11) is 2.99. The first-order valence-corrected chi connectivity index (χ1v) is 6.21. The second kappa shape index (κ2) is 6.18. The fourth-order valence-electron chi connectivity index (χ4n) is 1.81. The third kappa shape index (κ3) is 3.64. The fourth-order valence-corrected chi connectivity index (χ4v) is 1.81. The summed E-state index contributed by atoms with van der Waals surface area (Å²) in [6.07, 6.45) is -4.57. The molecule has 2 rings (SSSR count). The number of carbonyl (C=O) groups is 1. The van der Waals surface area contributed by atoms with Gasteiger partial charge in [-0.25, -0.2) is 0 Å². The van der Waals surface area contributed by atoms with Crippen LogP contribution in [-0.2, 0) is 24.1 Å². The smallest absolute Gasteiger partial charge is 0.378 e. The number of aromatic nitrogens is 4. The highest BCUT2D eigenvalue weighted by Gasteiger charge is 2.34. The molecule has 0 aliphatic carbocycles. The van der Waals surface area contributed by atoms with Crippen LogP contribution in [0.1, 0.15) is 27.6 Å². The molecule has 0 unspecified atom stereocenters. The van der Waals surface area contributed by atoms with Crippen molar-refractivity contribution in [3.63, 3.8) is 0 Å². The number of H-pyrrole nitrogens is 2. The quantitative estimate of drug-likeness (QED) is 0.876. The molecule has 0 aliphatic heterocycles. The van der Waals surface area contributed by atoms with Crippen molar-refractivity contribution in [3.8, 4) is 0 Å². The van der Waals surface area contributed by atoms with Crippen LogP contribution < -0.4 is 0 Å². The first-order chi connectivity index (χ1) is 10.3. The predicted octanol–water partition coefficient (Wildman–Crippen LogP) is 1.57. The minimum Gasteiger partial charge on any atom is -0.378 e. The van der Waals surface area contributed by atoms with E-state index >= 15 is 0 Å². The van der Waals surface area contributed by atoms with Crippen molar-refractivity contribution >= 4 is 5.91 Å². The van der Waals surface area contributed by atoms with Gasteiger partial charge in [-0.3, -0.25) is 15.0 Å². The summed E-state index contributed by atoms with van der Waals surface area (Å²) in [6, 6.07) is 2.39. The van der Waals surface area contributed by atoms with Crippen molar-refractivity contribution in [2.75, 3.05) is 14.2 Å². The van der Waals surface area contributed by atoms with Gasteiger partial charge in [0.25, 0.3) is 5.91 Å². The van der Waals surface area contributed by atoms with Crippen LogP contribution in [0.25, 0.3) is 0 Å². The Morgan fingerprint density at radius 3 is 2.64 bits per heavy atom. The second-order valence-corrected chi connectivity index (χ2v) is 4.64. The van der Waals surface area contributed by atoms with Crippen LogP contribution in [-0.4, -0.2) is 45.4 Å². The Labute approximate surface area is 123 Å². The lowest BCUT2D eigenvalue weighted by Gasteiger charge is -2.14. The van der Waals surface area contributed by atoms with Gasteiger partial charge in [0.1, 0.15) is 5.69 Å². The van der Waals surface area contributed by atoms with E-state index in [4.69, 9.17) is 4.74 Å². The SMILES string of the molecule is COCc1cc(CN(C)C(=O)c2cc(C(F)(F)F)[nH]n2)[nH]n1. The van der Waals surface area contributed by atoms with Crippen molar-refractivity contribution < 1.29 is 22.7 Å². The van der Waals surface area contributed by atoms with E-state index < -0.39 is 17.8 Å². The highest BCUT2D eigenvalue weighted by Crippen LogP contribution is 2.27. The second-order valence-electron chi connectivity index (χ2n) is 4.64. The van der Waals surface area contributed by atoms with E-state index in [2.05, 4.69) is 15.3 Å². The lowest BCUT2D eigenvalue weighted by atomic mass is 10.3. The largest absolute Gasteiger partial charge is 0.432 e. The number of aromatic amines is 2. The van der Waals surface area contributed by atoms with Gasteiger partial charge in [-0.1, -0.05) is 0 Å². The van der Waals surface area contributed by atoms with Crippen molar-refractivity contribution in [2.24, 2.45) is 0 Å². The number of nitrogens with one attached hydrogen (secondary N) is 2. The number of hydrogen-bond donors (Lipinski definition) is 2. The summed E-state index contributed by atoms with van der Waals surface area (Å²) < 4.78 is 42.3. The number of methoxy groups -OCH3 is 1. The fraction of sp³-hybridized carbons (Fsp3) is 0.417. The molecule has 2 aromatic heterocycles. The molecule has 0 fully saturated rings. The van der Waals surface area contributed by atoms with Crippen molar-refractivity contribution in [3.05, 3.63) is 34.9 Å². The highest BCUT2D eigenvalue weighted by molar-refractivity contribution is 5.92. The number of nitrogens with zero attached hydrogens (tertiary/aromatic N) is 3. The molecule has 2 heterocycles. The highest BCUT2D eigenvalue weighted by atomic mass is 19.4. The van der Waals surface area contributed by atoms with Crippen molar-refractivity contribution in [1.29, 1.82) is 0 Å². The number of hydrogen-bond acceptors (Lipinski definition) is 4. The van der Waals surface area contributed by atoms with Crippen LogP contribution >= 0.6 is 0 Å². The van der Waals surface area contributed by atoms with Crippen LogP contribution in [0.5, 0.6) is 0 Å². The third-order valence-electron chi connectivity index (χ3n) is 2.83. The topological polar surface area (TPSA) is 86.9 Å². The number of ether oxygens (including phenoxy) is 1. The molecule has 7 nitrogen and oxygen atoms in total. The van der Waals surface area contributed by atoms with Gasteiger partial charge in [-0.05, 0) is 6.07 Å². The van der Waals surface area contributed by atoms with Crippen LogP contribution in [0.4, 0.5) is 13.2 Å². The minimum atomic E-state index is -4.57. The zero-order valence-corrected chi connectivity index (χ0v) is 11.9. The number of halogens is 3. The number of alkyl halides is 3. The molecule has 0 saturated carbocycles. The monoisotopic (exact) mass is 317 g/mol. The van der Waals surface area contributed by atoms with Gasteiger partial charge in [0.05, 0.1) is 24.5 Å².